The molecule has 5 heteroatoms. The van der Waals surface area contributed by atoms with Gasteiger partial charge in [0.15, 0.2) is 0 Å². The average molecular weight is 258 g/mol. The second kappa shape index (κ2) is 5.06. The van der Waals surface area contributed by atoms with Crippen LogP contribution in [0.3, 0.4) is 0 Å². The van der Waals surface area contributed by atoms with Crippen molar-refractivity contribution in [3.05, 3.63) is 52.1 Å². The van der Waals surface area contributed by atoms with E-state index in [1.165, 1.54) is 12.1 Å². The third kappa shape index (κ3) is 2.70. The molecule has 0 spiro atoms. The summed E-state index contributed by atoms with van der Waals surface area (Å²) in [4.78, 5) is 22.3. The summed E-state index contributed by atoms with van der Waals surface area (Å²) in [5, 5.41) is 15.0. The van der Waals surface area contributed by atoms with E-state index >= 15 is 0 Å². The molecule has 2 aromatic rings. The summed E-state index contributed by atoms with van der Waals surface area (Å²) >= 11 is 0. The predicted molar refractivity (Wildman–Crippen MR) is 73.2 cm³/mol. The predicted octanol–water partition coefficient (Wildman–Crippen LogP) is 2.89. The number of hydrogen-bond acceptors (Lipinski definition) is 3. The van der Waals surface area contributed by atoms with Gasteiger partial charge in [0.05, 0.1) is 4.92 Å². The van der Waals surface area contributed by atoms with Gasteiger partial charge in [-0.3, -0.25) is 14.9 Å². The van der Waals surface area contributed by atoms with E-state index < -0.39 is 4.92 Å². The Morgan fingerprint density at radius 3 is 2.63 bits per heavy atom. The topological polar surface area (TPSA) is 72.2 Å². The van der Waals surface area contributed by atoms with Crippen molar-refractivity contribution in [2.75, 3.05) is 0 Å². The smallest absolute Gasteiger partial charge is 0.270 e. The number of nitro groups is 1. The second-order valence-corrected chi connectivity index (χ2v) is 4.60. The molecule has 2 rings (SSSR count). The number of non-ortho nitro benzene ring substituents is 1. The normalized spacial score (nSPS) is 10.7. The zero-order valence-corrected chi connectivity index (χ0v) is 10.7. The zero-order chi connectivity index (χ0) is 14.0. The van der Waals surface area contributed by atoms with Crippen LogP contribution in [0.5, 0.6) is 0 Å². The maximum absolute atomic E-state index is 12.0. The molecule has 0 saturated carbocycles. The van der Waals surface area contributed by atoms with Gasteiger partial charge in [-0.2, -0.15) is 0 Å². The molecule has 0 heterocycles. The average Bonchev–Trinajstić information content (AvgIpc) is 2.36. The van der Waals surface area contributed by atoms with Crippen molar-refractivity contribution in [1.82, 2.24) is 5.32 Å². The lowest BCUT2D eigenvalue weighted by molar-refractivity contribution is -0.384. The Bertz CT molecular complexity index is 650. The second-order valence-electron chi connectivity index (χ2n) is 4.60. The lowest BCUT2D eigenvalue weighted by Gasteiger charge is -2.10. The number of amides is 1. The van der Waals surface area contributed by atoms with Crippen LogP contribution >= 0.6 is 0 Å². The van der Waals surface area contributed by atoms with Crippen molar-refractivity contribution in [1.29, 1.82) is 0 Å². The number of benzene rings is 2. The Labute approximate surface area is 110 Å². The molecule has 2 aromatic carbocycles. The van der Waals surface area contributed by atoms with E-state index in [1.807, 2.05) is 13.8 Å². The van der Waals surface area contributed by atoms with Crippen LogP contribution in [0.1, 0.15) is 24.2 Å². The van der Waals surface area contributed by atoms with Crippen molar-refractivity contribution < 1.29 is 9.72 Å². The van der Waals surface area contributed by atoms with Gasteiger partial charge >= 0.3 is 0 Å². The van der Waals surface area contributed by atoms with Gasteiger partial charge in [-0.1, -0.05) is 12.1 Å². The van der Waals surface area contributed by atoms with Crippen LogP contribution < -0.4 is 5.32 Å². The molecule has 0 fully saturated rings. The lowest BCUT2D eigenvalue weighted by Crippen LogP contribution is -2.30. The number of fused-ring (bicyclic) bond motifs is 1. The number of rotatable bonds is 3. The Balaban J connectivity index is 2.52. The van der Waals surface area contributed by atoms with Crippen LogP contribution in [0.2, 0.25) is 0 Å². The van der Waals surface area contributed by atoms with Crippen LogP contribution in [-0.2, 0) is 0 Å². The maximum atomic E-state index is 12.0. The third-order valence-electron chi connectivity index (χ3n) is 2.74. The molecule has 0 atom stereocenters. The molecule has 0 radical (unpaired) electrons. The van der Waals surface area contributed by atoms with E-state index in [9.17, 15) is 14.9 Å². The molecule has 0 aliphatic rings. The first-order valence-corrected chi connectivity index (χ1v) is 5.97. The van der Waals surface area contributed by atoms with E-state index in [0.717, 1.165) is 0 Å². The summed E-state index contributed by atoms with van der Waals surface area (Å²) in [7, 11) is 0. The molecule has 1 amide bonds. The van der Waals surface area contributed by atoms with Crippen molar-refractivity contribution in [2.45, 2.75) is 19.9 Å². The van der Waals surface area contributed by atoms with Gasteiger partial charge < -0.3 is 5.32 Å². The molecular weight excluding hydrogens is 244 g/mol. The summed E-state index contributed by atoms with van der Waals surface area (Å²) in [5.74, 6) is -0.172. The molecule has 0 saturated heterocycles. The van der Waals surface area contributed by atoms with E-state index in [4.69, 9.17) is 0 Å². The van der Waals surface area contributed by atoms with Crippen molar-refractivity contribution in [2.24, 2.45) is 0 Å². The summed E-state index contributed by atoms with van der Waals surface area (Å²) in [6, 6.07) is 9.74. The van der Waals surface area contributed by atoms with Gasteiger partial charge in [0, 0.05) is 23.7 Å². The van der Waals surface area contributed by atoms with Crippen LogP contribution in [0.4, 0.5) is 5.69 Å². The van der Waals surface area contributed by atoms with Crippen LogP contribution in [0.15, 0.2) is 36.4 Å². The molecule has 98 valence electrons. The van der Waals surface area contributed by atoms with E-state index in [1.54, 1.807) is 24.3 Å². The minimum atomic E-state index is -0.444. The number of nitro benzene ring substituents is 1. The van der Waals surface area contributed by atoms with Gasteiger partial charge in [-0.05, 0) is 36.8 Å². The molecular formula is C14H14N2O3. The zero-order valence-electron chi connectivity index (χ0n) is 10.7. The standard InChI is InChI=1S/C14H14N2O3/c1-9(2)15-14(17)13-5-3-4-10-8-11(16(18)19)6-7-12(10)13/h3-9H,1-2H3,(H,15,17). The minimum absolute atomic E-state index is 0.0221. The fourth-order valence-electron chi connectivity index (χ4n) is 1.92. The Morgan fingerprint density at radius 2 is 2.00 bits per heavy atom. The Kier molecular flexibility index (Phi) is 3.46. The number of nitrogens with zero attached hydrogens (tertiary/aromatic N) is 1. The first-order chi connectivity index (χ1) is 8.99. The fraction of sp³-hybridized carbons (Fsp3) is 0.214. The minimum Gasteiger partial charge on any atom is -0.350 e. The Hall–Kier alpha value is -2.43. The molecule has 5 nitrogen and oxygen atoms in total. The number of carbonyl (C=O) groups excluding carboxylic acids is 1. The highest BCUT2D eigenvalue weighted by atomic mass is 16.6. The number of nitrogens with one attached hydrogen (secondary N) is 1. The largest absolute Gasteiger partial charge is 0.350 e. The monoisotopic (exact) mass is 258 g/mol. The first kappa shape index (κ1) is 13.0. The summed E-state index contributed by atoms with van der Waals surface area (Å²) in [6.07, 6.45) is 0. The molecule has 0 aromatic heterocycles. The van der Waals surface area contributed by atoms with Crippen LogP contribution in [0.25, 0.3) is 10.8 Å². The van der Waals surface area contributed by atoms with E-state index in [0.29, 0.717) is 16.3 Å². The highest BCUT2D eigenvalue weighted by molar-refractivity contribution is 6.07. The first-order valence-electron chi connectivity index (χ1n) is 5.97. The van der Waals surface area contributed by atoms with Gasteiger partial charge in [0.2, 0.25) is 0 Å². The van der Waals surface area contributed by atoms with Crippen molar-refractivity contribution in [3.63, 3.8) is 0 Å². The summed E-state index contributed by atoms with van der Waals surface area (Å²) in [6.45, 7) is 3.77. The highest BCUT2D eigenvalue weighted by Gasteiger charge is 2.13. The van der Waals surface area contributed by atoms with E-state index in [-0.39, 0.29) is 17.6 Å². The van der Waals surface area contributed by atoms with Crippen molar-refractivity contribution >= 4 is 22.4 Å². The molecule has 1 N–H and O–H groups in total. The highest BCUT2D eigenvalue weighted by Crippen LogP contribution is 2.23. The van der Waals surface area contributed by atoms with Gasteiger partial charge in [0.25, 0.3) is 11.6 Å². The number of hydrogen-bond donors (Lipinski definition) is 1. The third-order valence-corrected chi connectivity index (χ3v) is 2.74. The summed E-state index contributed by atoms with van der Waals surface area (Å²) in [5.41, 5.74) is 0.551. The van der Waals surface area contributed by atoms with E-state index in [2.05, 4.69) is 5.32 Å². The van der Waals surface area contributed by atoms with Gasteiger partial charge in [-0.25, -0.2) is 0 Å². The molecule has 0 unspecified atom stereocenters. The van der Waals surface area contributed by atoms with Crippen LogP contribution in [-0.4, -0.2) is 16.9 Å². The quantitative estimate of drug-likeness (QED) is 0.679. The van der Waals surface area contributed by atoms with Crippen LogP contribution in [0, 0.1) is 10.1 Å². The molecule has 0 aliphatic heterocycles. The van der Waals surface area contributed by atoms with Gasteiger partial charge in [-0.15, -0.1) is 0 Å². The number of carbonyl (C=O) groups is 1. The van der Waals surface area contributed by atoms with Crippen molar-refractivity contribution in [3.8, 4) is 0 Å². The lowest BCUT2D eigenvalue weighted by atomic mass is 10.0. The SMILES string of the molecule is CC(C)NC(=O)c1cccc2cc([N+](=O)[O-])ccc12. The van der Waals surface area contributed by atoms with Gasteiger partial charge in [0.1, 0.15) is 0 Å². The molecule has 0 aliphatic carbocycles. The molecule has 19 heavy (non-hydrogen) atoms. The molecule has 0 bridgehead atoms. The fourth-order valence-corrected chi connectivity index (χ4v) is 1.92. The summed E-state index contributed by atoms with van der Waals surface area (Å²) < 4.78 is 0. The maximum Gasteiger partial charge on any atom is 0.270 e. The Morgan fingerprint density at radius 1 is 1.26 bits per heavy atom.